The zero-order valence-corrected chi connectivity index (χ0v) is 10.9. The molecule has 18 heavy (non-hydrogen) atoms. The average molecular weight is 265 g/mol. The molecule has 2 aromatic rings. The van der Waals surface area contributed by atoms with Gasteiger partial charge in [0.1, 0.15) is 23.3 Å². The minimum Gasteiger partial charge on any atom is -0.486 e. The molecule has 94 valence electrons. The van der Waals surface area contributed by atoms with E-state index in [1.807, 2.05) is 7.05 Å². The minimum atomic E-state index is 0.0393. The molecule has 5 heteroatoms. The highest BCUT2D eigenvalue weighted by molar-refractivity contribution is 6.29. The topological polar surface area (TPSA) is 44.1 Å². The third-order valence-corrected chi connectivity index (χ3v) is 3.01. The van der Waals surface area contributed by atoms with Crippen molar-refractivity contribution in [2.45, 2.75) is 13.5 Å². The third-order valence-electron chi connectivity index (χ3n) is 2.66. The predicted molar refractivity (Wildman–Crippen MR) is 69.0 cm³/mol. The molecule has 4 nitrogen and oxygen atoms in total. The Hall–Kier alpha value is -1.81. The van der Waals surface area contributed by atoms with Crippen molar-refractivity contribution in [3.63, 3.8) is 0 Å². The van der Waals surface area contributed by atoms with E-state index in [0.29, 0.717) is 23.1 Å². The molecule has 1 heterocycles. The van der Waals surface area contributed by atoms with E-state index in [2.05, 4.69) is 4.98 Å². The van der Waals surface area contributed by atoms with Gasteiger partial charge in [0.15, 0.2) is 5.78 Å². The van der Waals surface area contributed by atoms with Crippen LogP contribution in [0.25, 0.3) is 0 Å². The number of hydrogen-bond donors (Lipinski definition) is 0. The van der Waals surface area contributed by atoms with Crippen molar-refractivity contribution in [3.8, 4) is 5.75 Å². The number of aromatic nitrogens is 2. The fourth-order valence-electron chi connectivity index (χ4n) is 1.49. The standard InChI is InChI=1S/C13H13ClN2O2/c1-9(17)10-3-5-11(6-4-10)18-8-13-15-7-12(14)16(13)2/h3-7H,8H2,1-2H3. The molecule has 0 unspecified atom stereocenters. The summed E-state index contributed by atoms with van der Waals surface area (Å²) >= 11 is 5.87. The van der Waals surface area contributed by atoms with Crippen LogP contribution in [0.2, 0.25) is 5.15 Å². The Morgan fingerprint density at radius 1 is 1.39 bits per heavy atom. The number of ether oxygens (including phenoxy) is 1. The van der Waals surface area contributed by atoms with Crippen LogP contribution in [0, 0.1) is 0 Å². The van der Waals surface area contributed by atoms with E-state index >= 15 is 0 Å². The van der Waals surface area contributed by atoms with Crippen molar-refractivity contribution < 1.29 is 9.53 Å². The lowest BCUT2D eigenvalue weighted by Crippen LogP contribution is -2.03. The van der Waals surface area contributed by atoms with Gasteiger partial charge in [-0.05, 0) is 31.2 Å². The minimum absolute atomic E-state index is 0.0393. The summed E-state index contributed by atoms with van der Waals surface area (Å²) in [6, 6.07) is 7.01. The second-order valence-electron chi connectivity index (χ2n) is 3.93. The van der Waals surface area contributed by atoms with Gasteiger partial charge in [-0.1, -0.05) is 11.6 Å². The number of Topliss-reactive ketones (excluding diaryl/α,β-unsaturated/α-hetero) is 1. The first kappa shape index (κ1) is 12.6. The fourth-order valence-corrected chi connectivity index (χ4v) is 1.64. The van der Waals surface area contributed by atoms with Gasteiger partial charge in [0.2, 0.25) is 0 Å². The highest BCUT2D eigenvalue weighted by atomic mass is 35.5. The van der Waals surface area contributed by atoms with E-state index in [4.69, 9.17) is 16.3 Å². The molecule has 0 amide bonds. The van der Waals surface area contributed by atoms with Crippen LogP contribution in [0.15, 0.2) is 30.5 Å². The van der Waals surface area contributed by atoms with Crippen molar-refractivity contribution in [1.29, 1.82) is 0 Å². The molecule has 0 spiro atoms. The normalized spacial score (nSPS) is 10.4. The Morgan fingerprint density at radius 2 is 2.06 bits per heavy atom. The van der Waals surface area contributed by atoms with E-state index < -0.39 is 0 Å². The first-order chi connectivity index (χ1) is 8.58. The number of nitrogens with zero attached hydrogens (tertiary/aromatic N) is 2. The Labute approximate surface area is 110 Å². The van der Waals surface area contributed by atoms with E-state index in [1.54, 1.807) is 35.0 Å². The van der Waals surface area contributed by atoms with Crippen LogP contribution in [-0.4, -0.2) is 15.3 Å². The molecule has 1 aromatic carbocycles. The molecule has 1 aromatic heterocycles. The SMILES string of the molecule is CC(=O)c1ccc(OCc2ncc(Cl)n2C)cc1. The van der Waals surface area contributed by atoms with Crippen LogP contribution in [-0.2, 0) is 13.7 Å². The first-order valence-electron chi connectivity index (χ1n) is 5.48. The van der Waals surface area contributed by atoms with Gasteiger partial charge in [-0.3, -0.25) is 4.79 Å². The zero-order chi connectivity index (χ0) is 13.1. The smallest absolute Gasteiger partial charge is 0.159 e. The van der Waals surface area contributed by atoms with Gasteiger partial charge in [-0.2, -0.15) is 0 Å². The summed E-state index contributed by atoms with van der Waals surface area (Å²) in [6.45, 7) is 1.87. The van der Waals surface area contributed by atoms with Gasteiger partial charge in [-0.15, -0.1) is 0 Å². The van der Waals surface area contributed by atoms with Crippen LogP contribution >= 0.6 is 11.6 Å². The van der Waals surface area contributed by atoms with Crippen LogP contribution in [0.5, 0.6) is 5.75 Å². The number of ketones is 1. The van der Waals surface area contributed by atoms with Crippen molar-refractivity contribution in [3.05, 3.63) is 47.0 Å². The largest absolute Gasteiger partial charge is 0.486 e. The number of halogens is 1. The molecular weight excluding hydrogens is 252 g/mol. The summed E-state index contributed by atoms with van der Waals surface area (Å²) < 4.78 is 7.32. The maximum Gasteiger partial charge on any atom is 0.159 e. The molecule has 0 N–H and O–H groups in total. The fraction of sp³-hybridized carbons (Fsp3) is 0.231. The Kier molecular flexibility index (Phi) is 3.67. The lowest BCUT2D eigenvalue weighted by Gasteiger charge is -2.06. The second kappa shape index (κ2) is 5.23. The van der Waals surface area contributed by atoms with Crippen LogP contribution < -0.4 is 4.74 Å². The predicted octanol–water partition coefficient (Wildman–Crippen LogP) is 2.86. The lowest BCUT2D eigenvalue weighted by atomic mass is 10.1. The lowest BCUT2D eigenvalue weighted by molar-refractivity contribution is 0.101. The van der Waals surface area contributed by atoms with Crippen LogP contribution in [0.4, 0.5) is 0 Å². The molecule has 0 aliphatic carbocycles. The van der Waals surface area contributed by atoms with Crippen LogP contribution in [0.3, 0.4) is 0 Å². The average Bonchev–Trinajstić information content (AvgIpc) is 2.68. The summed E-state index contributed by atoms with van der Waals surface area (Å²) in [5, 5.41) is 0.570. The highest BCUT2D eigenvalue weighted by Crippen LogP contribution is 2.15. The summed E-state index contributed by atoms with van der Waals surface area (Å²) in [7, 11) is 1.83. The Morgan fingerprint density at radius 3 is 2.56 bits per heavy atom. The molecule has 0 aliphatic rings. The summed E-state index contributed by atoms with van der Waals surface area (Å²) in [4.78, 5) is 15.2. The number of imidazole rings is 1. The number of benzene rings is 1. The molecule has 2 rings (SSSR count). The first-order valence-corrected chi connectivity index (χ1v) is 5.85. The molecule has 0 saturated carbocycles. The van der Waals surface area contributed by atoms with Gasteiger partial charge in [0.25, 0.3) is 0 Å². The van der Waals surface area contributed by atoms with E-state index in [0.717, 1.165) is 5.82 Å². The van der Waals surface area contributed by atoms with Gasteiger partial charge in [-0.25, -0.2) is 4.98 Å². The number of carbonyl (C=O) groups excluding carboxylic acids is 1. The molecule has 0 aliphatic heterocycles. The highest BCUT2D eigenvalue weighted by Gasteiger charge is 2.05. The number of carbonyl (C=O) groups is 1. The zero-order valence-electron chi connectivity index (χ0n) is 10.2. The Balaban J connectivity index is 2.02. The molecular formula is C13H13ClN2O2. The molecule has 0 atom stereocenters. The van der Waals surface area contributed by atoms with Gasteiger partial charge < -0.3 is 9.30 Å². The maximum atomic E-state index is 11.1. The molecule has 0 fully saturated rings. The van der Waals surface area contributed by atoms with Gasteiger partial charge >= 0.3 is 0 Å². The molecule has 0 radical (unpaired) electrons. The molecule has 0 saturated heterocycles. The Bertz CT molecular complexity index is 561. The number of rotatable bonds is 4. The van der Waals surface area contributed by atoms with Gasteiger partial charge in [0, 0.05) is 12.6 Å². The van der Waals surface area contributed by atoms with Crippen LogP contribution in [0.1, 0.15) is 23.1 Å². The third kappa shape index (κ3) is 2.71. The van der Waals surface area contributed by atoms with Crippen molar-refractivity contribution in [2.24, 2.45) is 7.05 Å². The monoisotopic (exact) mass is 264 g/mol. The quantitative estimate of drug-likeness (QED) is 0.798. The van der Waals surface area contributed by atoms with E-state index in [9.17, 15) is 4.79 Å². The second-order valence-corrected chi connectivity index (χ2v) is 4.31. The number of hydrogen-bond acceptors (Lipinski definition) is 3. The summed E-state index contributed by atoms with van der Waals surface area (Å²) in [5.41, 5.74) is 0.669. The van der Waals surface area contributed by atoms with Crippen molar-refractivity contribution >= 4 is 17.4 Å². The summed E-state index contributed by atoms with van der Waals surface area (Å²) in [5.74, 6) is 1.48. The molecule has 0 bridgehead atoms. The summed E-state index contributed by atoms with van der Waals surface area (Å²) in [6.07, 6.45) is 1.58. The van der Waals surface area contributed by atoms with Crippen molar-refractivity contribution in [1.82, 2.24) is 9.55 Å². The maximum absolute atomic E-state index is 11.1. The van der Waals surface area contributed by atoms with E-state index in [-0.39, 0.29) is 5.78 Å². The van der Waals surface area contributed by atoms with Gasteiger partial charge in [0.05, 0.1) is 6.20 Å². The van der Waals surface area contributed by atoms with Crippen molar-refractivity contribution in [2.75, 3.05) is 0 Å². The van der Waals surface area contributed by atoms with E-state index in [1.165, 1.54) is 6.92 Å².